The number of aryl methyl sites for hydroxylation is 1. The van der Waals surface area contributed by atoms with Gasteiger partial charge in [-0.15, -0.1) is 0 Å². The molecular formula is C21H21F3N4O. The van der Waals surface area contributed by atoms with Gasteiger partial charge in [0.15, 0.2) is 0 Å². The minimum Gasteiger partial charge on any atom is -0.347 e. The minimum absolute atomic E-state index is 0.299. The number of aromatic nitrogens is 3. The number of pyridine rings is 1. The summed E-state index contributed by atoms with van der Waals surface area (Å²) in [6, 6.07) is 7.90. The predicted octanol–water partition coefficient (Wildman–Crippen LogP) is 4.79. The molecule has 0 aliphatic heterocycles. The molecule has 29 heavy (non-hydrogen) atoms. The second-order valence-electron chi connectivity index (χ2n) is 7.72. The molecule has 0 bridgehead atoms. The molecule has 0 unspecified atom stereocenters. The number of carbonyl (C=O) groups is 1. The van der Waals surface area contributed by atoms with Crippen LogP contribution in [0.3, 0.4) is 0 Å². The van der Waals surface area contributed by atoms with E-state index >= 15 is 0 Å². The Balaban J connectivity index is 2.10. The van der Waals surface area contributed by atoms with Crippen molar-refractivity contribution in [3.05, 3.63) is 65.7 Å². The topological polar surface area (TPSA) is 59.8 Å². The Labute approximate surface area is 166 Å². The fraction of sp³-hybridized carbons (Fsp3) is 0.286. The zero-order chi connectivity index (χ0) is 21.4. The lowest BCUT2D eigenvalue weighted by Gasteiger charge is -2.21. The number of nitrogens with one attached hydrogen (secondary N) is 1. The Bertz CT molecular complexity index is 1030. The number of amides is 1. The van der Waals surface area contributed by atoms with Crippen LogP contribution in [0.4, 0.5) is 13.2 Å². The molecule has 5 nitrogen and oxygen atoms in total. The molecule has 0 saturated carbocycles. The highest BCUT2D eigenvalue weighted by Gasteiger charge is 2.30. The van der Waals surface area contributed by atoms with Crippen LogP contribution in [-0.4, -0.2) is 26.0 Å². The van der Waals surface area contributed by atoms with E-state index in [-0.39, 0.29) is 5.91 Å². The average Bonchev–Trinajstić information content (AvgIpc) is 3.05. The van der Waals surface area contributed by atoms with Gasteiger partial charge in [-0.05, 0) is 52.0 Å². The van der Waals surface area contributed by atoms with Gasteiger partial charge in [0, 0.05) is 29.1 Å². The zero-order valence-corrected chi connectivity index (χ0v) is 16.5. The summed E-state index contributed by atoms with van der Waals surface area (Å²) in [5.41, 5.74) is 0.0345. The highest BCUT2D eigenvalue weighted by atomic mass is 19.4. The summed E-state index contributed by atoms with van der Waals surface area (Å²) in [7, 11) is 0. The second kappa shape index (κ2) is 7.35. The van der Waals surface area contributed by atoms with Gasteiger partial charge in [-0.2, -0.15) is 13.2 Å². The van der Waals surface area contributed by atoms with Crippen LogP contribution in [0, 0.1) is 6.92 Å². The quantitative estimate of drug-likeness (QED) is 0.685. The van der Waals surface area contributed by atoms with E-state index in [1.807, 2.05) is 20.8 Å². The molecule has 1 amide bonds. The molecule has 3 rings (SSSR count). The van der Waals surface area contributed by atoms with Crippen LogP contribution < -0.4 is 5.32 Å². The van der Waals surface area contributed by atoms with Crippen LogP contribution >= 0.6 is 0 Å². The molecule has 1 N–H and O–H groups in total. The first-order valence-corrected chi connectivity index (χ1v) is 8.96. The number of hydrogen-bond acceptors (Lipinski definition) is 3. The van der Waals surface area contributed by atoms with Crippen molar-refractivity contribution in [2.75, 3.05) is 0 Å². The third-order valence-corrected chi connectivity index (χ3v) is 4.14. The monoisotopic (exact) mass is 402 g/mol. The standard InChI is InChI=1S/C21H21F3N4O/c1-13-25-9-10-28(13)18-12-15(19(29)27-20(2,3)4)11-17(26-18)14-5-7-16(8-6-14)21(22,23)24/h5-12H,1-4H3,(H,27,29). The van der Waals surface area contributed by atoms with E-state index in [0.717, 1.165) is 12.1 Å². The summed E-state index contributed by atoms with van der Waals surface area (Å²) >= 11 is 0. The number of benzene rings is 1. The van der Waals surface area contributed by atoms with Crippen LogP contribution in [0.5, 0.6) is 0 Å². The highest BCUT2D eigenvalue weighted by molar-refractivity contribution is 5.96. The van der Waals surface area contributed by atoms with Gasteiger partial charge >= 0.3 is 6.18 Å². The number of halogens is 3. The Morgan fingerprint density at radius 1 is 1.07 bits per heavy atom. The Morgan fingerprint density at radius 3 is 2.24 bits per heavy atom. The molecule has 1 aromatic carbocycles. The maximum atomic E-state index is 12.9. The van der Waals surface area contributed by atoms with Crippen LogP contribution in [0.1, 0.15) is 42.5 Å². The van der Waals surface area contributed by atoms with E-state index in [2.05, 4.69) is 15.3 Å². The summed E-state index contributed by atoms with van der Waals surface area (Å²) in [4.78, 5) is 21.4. The van der Waals surface area contributed by atoms with Crippen molar-refractivity contribution in [1.82, 2.24) is 19.9 Å². The van der Waals surface area contributed by atoms with E-state index in [1.54, 1.807) is 36.0 Å². The third-order valence-electron chi connectivity index (χ3n) is 4.14. The molecule has 2 heterocycles. The molecule has 0 atom stereocenters. The van der Waals surface area contributed by atoms with E-state index in [0.29, 0.717) is 28.5 Å². The van der Waals surface area contributed by atoms with E-state index in [4.69, 9.17) is 0 Å². The summed E-state index contributed by atoms with van der Waals surface area (Å²) in [6.07, 6.45) is -1.10. The van der Waals surface area contributed by atoms with Gasteiger partial charge in [0.2, 0.25) is 0 Å². The molecule has 152 valence electrons. The summed E-state index contributed by atoms with van der Waals surface area (Å²) in [5, 5.41) is 2.89. The number of alkyl halides is 3. The van der Waals surface area contributed by atoms with Crippen molar-refractivity contribution in [3.63, 3.8) is 0 Å². The first-order valence-electron chi connectivity index (χ1n) is 8.96. The van der Waals surface area contributed by atoms with Crippen molar-refractivity contribution >= 4 is 5.91 Å². The number of rotatable bonds is 3. The van der Waals surface area contributed by atoms with Crippen molar-refractivity contribution in [2.45, 2.75) is 39.4 Å². The number of carbonyl (C=O) groups excluding carboxylic acids is 1. The molecular weight excluding hydrogens is 381 g/mol. The second-order valence-corrected chi connectivity index (χ2v) is 7.72. The molecule has 0 radical (unpaired) electrons. The summed E-state index contributed by atoms with van der Waals surface area (Å²) < 4.78 is 40.3. The lowest BCUT2D eigenvalue weighted by molar-refractivity contribution is -0.137. The Kier molecular flexibility index (Phi) is 5.21. The lowest BCUT2D eigenvalue weighted by atomic mass is 10.0. The van der Waals surface area contributed by atoms with Gasteiger partial charge in [-0.1, -0.05) is 12.1 Å². The van der Waals surface area contributed by atoms with Crippen LogP contribution in [0.15, 0.2) is 48.8 Å². The molecule has 2 aromatic heterocycles. The lowest BCUT2D eigenvalue weighted by Crippen LogP contribution is -2.40. The maximum Gasteiger partial charge on any atom is 0.416 e. The van der Waals surface area contributed by atoms with Gasteiger partial charge in [-0.3, -0.25) is 9.36 Å². The van der Waals surface area contributed by atoms with Crippen molar-refractivity contribution in [3.8, 4) is 17.1 Å². The number of nitrogens with zero attached hydrogens (tertiary/aromatic N) is 3. The van der Waals surface area contributed by atoms with Crippen molar-refractivity contribution in [2.24, 2.45) is 0 Å². The number of hydrogen-bond donors (Lipinski definition) is 1. The van der Waals surface area contributed by atoms with Gasteiger partial charge in [0.05, 0.1) is 11.3 Å². The van der Waals surface area contributed by atoms with Crippen molar-refractivity contribution in [1.29, 1.82) is 0 Å². The molecule has 0 saturated heterocycles. The van der Waals surface area contributed by atoms with Crippen LogP contribution in [0.2, 0.25) is 0 Å². The zero-order valence-electron chi connectivity index (χ0n) is 16.5. The van der Waals surface area contributed by atoms with E-state index < -0.39 is 17.3 Å². The molecule has 3 aromatic rings. The fourth-order valence-corrected chi connectivity index (χ4v) is 2.78. The summed E-state index contributed by atoms with van der Waals surface area (Å²) in [5.74, 6) is 0.827. The number of imidazole rings is 1. The first kappa shape index (κ1) is 20.6. The Morgan fingerprint density at radius 2 is 1.72 bits per heavy atom. The molecule has 0 aliphatic carbocycles. The van der Waals surface area contributed by atoms with Crippen molar-refractivity contribution < 1.29 is 18.0 Å². The van der Waals surface area contributed by atoms with Gasteiger partial charge in [-0.25, -0.2) is 9.97 Å². The minimum atomic E-state index is -4.42. The largest absolute Gasteiger partial charge is 0.416 e. The van der Waals surface area contributed by atoms with Gasteiger partial charge < -0.3 is 5.32 Å². The van der Waals surface area contributed by atoms with Crippen LogP contribution in [-0.2, 0) is 6.18 Å². The third kappa shape index (κ3) is 4.82. The fourth-order valence-electron chi connectivity index (χ4n) is 2.78. The average molecular weight is 402 g/mol. The smallest absolute Gasteiger partial charge is 0.347 e. The highest BCUT2D eigenvalue weighted by Crippen LogP contribution is 2.31. The summed E-state index contributed by atoms with van der Waals surface area (Å²) in [6.45, 7) is 7.39. The van der Waals surface area contributed by atoms with Gasteiger partial charge in [0.1, 0.15) is 11.6 Å². The molecule has 8 heteroatoms. The molecule has 0 spiro atoms. The Hall–Kier alpha value is -3.16. The normalized spacial score (nSPS) is 12.1. The van der Waals surface area contributed by atoms with Crippen LogP contribution in [0.25, 0.3) is 17.1 Å². The predicted molar refractivity (Wildman–Crippen MR) is 104 cm³/mol. The molecule has 0 aliphatic rings. The molecule has 0 fully saturated rings. The maximum absolute atomic E-state index is 12.9. The SMILES string of the molecule is Cc1nccn1-c1cc(C(=O)NC(C)(C)C)cc(-c2ccc(C(F)(F)F)cc2)n1. The van der Waals surface area contributed by atoms with E-state index in [9.17, 15) is 18.0 Å². The van der Waals surface area contributed by atoms with Gasteiger partial charge in [0.25, 0.3) is 5.91 Å². The van der Waals surface area contributed by atoms with E-state index in [1.165, 1.54) is 12.1 Å². The first-order chi connectivity index (χ1) is 13.4.